The van der Waals surface area contributed by atoms with Crippen LogP contribution in [0.1, 0.15) is 40.6 Å². The van der Waals surface area contributed by atoms with Crippen molar-refractivity contribution in [2.45, 2.75) is 31.5 Å². The first kappa shape index (κ1) is 26.7. The van der Waals surface area contributed by atoms with E-state index in [1.807, 2.05) is 66.7 Å². The van der Waals surface area contributed by atoms with Crippen LogP contribution in [0.15, 0.2) is 89.5 Å². The Morgan fingerprint density at radius 1 is 1.00 bits per heavy atom. The van der Waals surface area contributed by atoms with Crippen molar-refractivity contribution in [1.29, 1.82) is 0 Å². The van der Waals surface area contributed by atoms with E-state index in [0.717, 1.165) is 48.1 Å². The summed E-state index contributed by atoms with van der Waals surface area (Å²) in [5, 5.41) is 10.2. The molecular formula is C32H34N5O4+. The number of nitrogens with one attached hydrogen (secondary N) is 2. The first-order valence-corrected chi connectivity index (χ1v) is 14.1. The zero-order valence-electron chi connectivity index (χ0n) is 23.0. The minimum atomic E-state index is -0.717. The van der Waals surface area contributed by atoms with Gasteiger partial charge in [-0.05, 0) is 35.9 Å². The number of carbonyl (C=O) groups is 2. The lowest BCUT2D eigenvalue weighted by atomic mass is 9.83. The van der Waals surface area contributed by atoms with E-state index in [9.17, 15) is 9.59 Å². The van der Waals surface area contributed by atoms with E-state index in [1.165, 1.54) is 0 Å². The third-order valence-corrected chi connectivity index (χ3v) is 8.31. The van der Waals surface area contributed by atoms with Crippen molar-refractivity contribution in [1.82, 2.24) is 15.5 Å². The molecule has 0 saturated carbocycles. The second-order valence-electron chi connectivity index (χ2n) is 11.0. The second-order valence-corrected chi connectivity index (χ2v) is 11.0. The highest BCUT2D eigenvalue weighted by Crippen LogP contribution is 2.38. The Morgan fingerprint density at radius 2 is 1.73 bits per heavy atom. The fraction of sp³-hybridized carbons (Fsp3) is 0.312. The number of benzene rings is 3. The molecular weight excluding hydrogens is 518 g/mol. The monoisotopic (exact) mass is 552 g/mol. The molecule has 2 bridgehead atoms. The molecule has 3 aliphatic rings. The number of hydrogen-bond donors (Lipinski definition) is 2. The van der Waals surface area contributed by atoms with Gasteiger partial charge in [0.05, 0.1) is 13.1 Å². The first-order chi connectivity index (χ1) is 20.0. The largest absolute Gasteiger partial charge is 0.454 e. The fourth-order valence-electron chi connectivity index (χ4n) is 6.10. The third-order valence-electron chi connectivity index (χ3n) is 8.31. The summed E-state index contributed by atoms with van der Waals surface area (Å²) in [5.41, 5.74) is 2.88. The highest BCUT2D eigenvalue weighted by Gasteiger charge is 2.48. The standard InChI is InChI=1S/C32H33N5O4/c1-33-30(38)25-13-8-14-26(19-25)34-29(23-9-4-2-5-10-23)32(39)40-27-20-37(17-15-22(27)16-18-37)21-28-35-31(41-36-28)24-11-6-3-7-12-24/h2-14,19,22,27,29,34H,15-18,20-21H2,1H3/p+1/t22?,27-,29?,37?/m0/s1. The van der Waals surface area contributed by atoms with Crippen LogP contribution >= 0.6 is 0 Å². The number of fused-ring (bicyclic) bond motifs is 3. The first-order valence-electron chi connectivity index (χ1n) is 14.1. The molecule has 1 aromatic heterocycles. The Bertz CT molecular complexity index is 1500. The molecule has 9 nitrogen and oxygen atoms in total. The maximum atomic E-state index is 13.8. The predicted molar refractivity (Wildman–Crippen MR) is 154 cm³/mol. The van der Waals surface area contributed by atoms with Gasteiger partial charge < -0.3 is 24.4 Å². The Hall–Kier alpha value is -4.50. The molecule has 7 rings (SSSR count). The number of esters is 1. The number of amides is 1. The molecule has 0 spiro atoms. The smallest absolute Gasteiger partial charge is 0.333 e. The molecule has 2 N–H and O–H groups in total. The highest BCUT2D eigenvalue weighted by molar-refractivity contribution is 5.95. The third kappa shape index (κ3) is 5.85. The molecule has 2 atom stereocenters. The van der Waals surface area contributed by atoms with Crippen LogP contribution in [-0.4, -0.2) is 59.3 Å². The number of piperidine rings is 3. The number of nitrogens with zero attached hydrogens (tertiary/aromatic N) is 3. The van der Waals surface area contributed by atoms with Gasteiger partial charge in [0.2, 0.25) is 5.82 Å². The molecule has 1 unspecified atom stereocenters. The van der Waals surface area contributed by atoms with Crippen molar-refractivity contribution < 1.29 is 23.3 Å². The molecule has 41 heavy (non-hydrogen) atoms. The SMILES string of the molecule is CNC(=O)c1cccc(NC(C(=O)O[C@H]2C[N+]3(Cc4noc(-c5ccccc5)n4)CCC2CC3)c2ccccc2)c1. The van der Waals surface area contributed by atoms with Crippen LogP contribution in [0.4, 0.5) is 5.69 Å². The number of hydrogen-bond acceptors (Lipinski definition) is 7. The molecule has 210 valence electrons. The maximum absolute atomic E-state index is 13.8. The average Bonchev–Trinajstić information content (AvgIpc) is 3.49. The summed E-state index contributed by atoms with van der Waals surface area (Å²) in [6, 6.07) is 25.7. The second kappa shape index (κ2) is 11.5. The Morgan fingerprint density at radius 3 is 2.46 bits per heavy atom. The molecule has 3 fully saturated rings. The summed E-state index contributed by atoms with van der Waals surface area (Å²) in [4.78, 5) is 30.6. The molecule has 0 radical (unpaired) electrons. The van der Waals surface area contributed by atoms with Crippen molar-refractivity contribution in [2.75, 3.05) is 32.0 Å². The van der Waals surface area contributed by atoms with E-state index in [4.69, 9.17) is 9.26 Å². The number of aromatic nitrogens is 2. The summed E-state index contributed by atoms with van der Waals surface area (Å²) in [6.07, 6.45) is 1.77. The van der Waals surface area contributed by atoms with Gasteiger partial charge in [-0.25, -0.2) is 4.79 Å². The van der Waals surface area contributed by atoms with Crippen molar-refractivity contribution in [3.63, 3.8) is 0 Å². The molecule has 4 heterocycles. The lowest BCUT2D eigenvalue weighted by molar-refractivity contribution is -0.958. The molecule has 3 aromatic carbocycles. The maximum Gasteiger partial charge on any atom is 0.333 e. The summed E-state index contributed by atoms with van der Waals surface area (Å²) < 4.78 is 12.6. The summed E-state index contributed by atoms with van der Waals surface area (Å²) >= 11 is 0. The van der Waals surface area contributed by atoms with E-state index in [1.54, 1.807) is 25.2 Å². The zero-order chi connectivity index (χ0) is 28.2. The van der Waals surface area contributed by atoms with Gasteiger partial charge in [0.15, 0.2) is 12.1 Å². The van der Waals surface area contributed by atoms with Crippen LogP contribution < -0.4 is 10.6 Å². The average molecular weight is 553 g/mol. The van der Waals surface area contributed by atoms with Crippen molar-refractivity contribution >= 4 is 17.6 Å². The zero-order valence-corrected chi connectivity index (χ0v) is 23.0. The van der Waals surface area contributed by atoms with Gasteiger partial charge in [0.25, 0.3) is 11.8 Å². The molecule has 3 aliphatic heterocycles. The topological polar surface area (TPSA) is 106 Å². The van der Waals surface area contributed by atoms with Gasteiger partial charge >= 0.3 is 5.97 Å². The van der Waals surface area contributed by atoms with Crippen LogP contribution in [0.5, 0.6) is 0 Å². The van der Waals surface area contributed by atoms with Crippen LogP contribution in [0.2, 0.25) is 0 Å². The Labute approximate surface area is 239 Å². The fourth-order valence-corrected chi connectivity index (χ4v) is 6.10. The predicted octanol–water partition coefficient (Wildman–Crippen LogP) is 4.60. The van der Waals surface area contributed by atoms with Crippen molar-refractivity contribution in [3.8, 4) is 11.5 Å². The lowest BCUT2D eigenvalue weighted by Gasteiger charge is -2.51. The van der Waals surface area contributed by atoms with Gasteiger partial charge in [-0.15, -0.1) is 0 Å². The molecule has 3 saturated heterocycles. The summed E-state index contributed by atoms with van der Waals surface area (Å²) in [7, 11) is 1.59. The molecule has 0 aliphatic carbocycles. The number of ether oxygens (including phenoxy) is 1. The van der Waals surface area contributed by atoms with Crippen molar-refractivity contribution in [2.24, 2.45) is 5.92 Å². The van der Waals surface area contributed by atoms with Gasteiger partial charge in [0.1, 0.15) is 13.1 Å². The highest BCUT2D eigenvalue weighted by atomic mass is 16.5. The lowest BCUT2D eigenvalue weighted by Crippen LogP contribution is -2.64. The van der Waals surface area contributed by atoms with Crippen molar-refractivity contribution in [3.05, 3.63) is 102 Å². The summed E-state index contributed by atoms with van der Waals surface area (Å²) in [5.74, 6) is 1.01. The number of rotatable bonds is 9. The van der Waals surface area contributed by atoms with Crippen LogP contribution in [0.3, 0.4) is 0 Å². The summed E-state index contributed by atoms with van der Waals surface area (Å²) in [6.45, 7) is 3.37. The van der Waals surface area contributed by atoms with E-state index in [-0.39, 0.29) is 18.0 Å². The van der Waals surface area contributed by atoms with E-state index in [2.05, 4.69) is 20.8 Å². The number of carbonyl (C=O) groups excluding carboxylic acids is 2. The Balaban J connectivity index is 1.18. The van der Waals surface area contributed by atoms with Crippen LogP contribution in [0, 0.1) is 5.92 Å². The molecule has 9 heteroatoms. The van der Waals surface area contributed by atoms with Crippen LogP contribution in [-0.2, 0) is 16.1 Å². The number of quaternary nitrogens is 1. The van der Waals surface area contributed by atoms with Gasteiger partial charge in [-0.3, -0.25) is 4.79 Å². The molecule has 1 amide bonds. The van der Waals surface area contributed by atoms with Gasteiger partial charge in [-0.1, -0.05) is 59.8 Å². The van der Waals surface area contributed by atoms with Crippen LogP contribution in [0.25, 0.3) is 11.5 Å². The van der Waals surface area contributed by atoms with Gasteiger partial charge in [0, 0.05) is 42.6 Å². The van der Waals surface area contributed by atoms with E-state index in [0.29, 0.717) is 35.4 Å². The quantitative estimate of drug-likeness (QED) is 0.231. The minimum absolute atomic E-state index is 0.189. The normalized spacial score (nSPS) is 22.1. The molecule has 4 aromatic rings. The Kier molecular flexibility index (Phi) is 7.52. The van der Waals surface area contributed by atoms with E-state index >= 15 is 0 Å². The van der Waals surface area contributed by atoms with Gasteiger partial charge in [-0.2, -0.15) is 4.98 Å². The minimum Gasteiger partial charge on any atom is -0.454 e. The number of anilines is 1. The van der Waals surface area contributed by atoms with E-state index < -0.39 is 6.04 Å².